The highest BCUT2D eigenvalue weighted by Gasteiger charge is 2.23. The highest BCUT2D eigenvalue weighted by molar-refractivity contribution is 5.76. The summed E-state index contributed by atoms with van der Waals surface area (Å²) in [5.74, 6) is 0.715. The second-order valence-corrected chi connectivity index (χ2v) is 3.99. The van der Waals surface area contributed by atoms with Crippen LogP contribution in [0.25, 0.3) is 0 Å². The Morgan fingerprint density at radius 1 is 1.67 bits per heavy atom. The molecule has 0 saturated carbocycles. The summed E-state index contributed by atoms with van der Waals surface area (Å²) in [5, 5.41) is 0. The van der Waals surface area contributed by atoms with Crippen molar-refractivity contribution in [2.45, 2.75) is 32.7 Å². The molecule has 1 aliphatic rings. The molecule has 1 rings (SSSR count). The van der Waals surface area contributed by atoms with Crippen LogP contribution in [0, 0.1) is 5.92 Å². The zero-order chi connectivity index (χ0) is 9.14. The van der Waals surface area contributed by atoms with Gasteiger partial charge in [0.25, 0.3) is 0 Å². The first-order valence-corrected chi connectivity index (χ1v) is 4.63. The molecular weight excluding hydrogens is 152 g/mol. The second kappa shape index (κ2) is 3.90. The lowest BCUT2D eigenvalue weighted by atomic mass is 10.1. The van der Waals surface area contributed by atoms with Crippen LogP contribution < -0.4 is 5.73 Å². The van der Waals surface area contributed by atoms with Crippen molar-refractivity contribution in [2.75, 3.05) is 13.1 Å². The van der Waals surface area contributed by atoms with E-state index >= 15 is 0 Å². The molecule has 1 aliphatic heterocycles. The van der Waals surface area contributed by atoms with Crippen LogP contribution in [0.15, 0.2) is 0 Å². The molecular formula is C9H18N2O. The van der Waals surface area contributed by atoms with Crippen molar-refractivity contribution in [1.82, 2.24) is 4.90 Å². The van der Waals surface area contributed by atoms with E-state index in [9.17, 15) is 4.79 Å². The zero-order valence-corrected chi connectivity index (χ0v) is 7.92. The number of hydrogen-bond acceptors (Lipinski definition) is 2. The molecule has 0 spiro atoms. The van der Waals surface area contributed by atoms with Crippen LogP contribution in [0.3, 0.4) is 0 Å². The molecule has 0 radical (unpaired) electrons. The molecule has 12 heavy (non-hydrogen) atoms. The summed E-state index contributed by atoms with van der Waals surface area (Å²) in [6.07, 6.45) is 1.62. The SMILES string of the molecule is CC(C)CC(=O)N1CCC(N)C1. The van der Waals surface area contributed by atoms with Crippen LogP contribution in [-0.4, -0.2) is 29.9 Å². The molecule has 2 N–H and O–H groups in total. The van der Waals surface area contributed by atoms with Crippen LogP contribution in [0.5, 0.6) is 0 Å². The van der Waals surface area contributed by atoms with Crippen molar-refractivity contribution in [1.29, 1.82) is 0 Å². The van der Waals surface area contributed by atoms with E-state index in [4.69, 9.17) is 5.73 Å². The van der Waals surface area contributed by atoms with Gasteiger partial charge in [0.1, 0.15) is 0 Å². The van der Waals surface area contributed by atoms with Crippen LogP contribution in [0.2, 0.25) is 0 Å². The summed E-state index contributed by atoms with van der Waals surface area (Å²) in [5.41, 5.74) is 5.70. The molecule has 1 atom stereocenters. The number of likely N-dealkylation sites (tertiary alicyclic amines) is 1. The van der Waals surface area contributed by atoms with Gasteiger partial charge in [0.2, 0.25) is 5.91 Å². The first kappa shape index (κ1) is 9.52. The summed E-state index contributed by atoms with van der Waals surface area (Å²) < 4.78 is 0. The van der Waals surface area contributed by atoms with Crippen molar-refractivity contribution in [3.8, 4) is 0 Å². The van der Waals surface area contributed by atoms with E-state index in [1.807, 2.05) is 4.90 Å². The van der Waals surface area contributed by atoms with Gasteiger partial charge in [0, 0.05) is 25.6 Å². The van der Waals surface area contributed by atoms with Gasteiger partial charge in [-0.05, 0) is 12.3 Å². The van der Waals surface area contributed by atoms with Crippen molar-refractivity contribution in [3.63, 3.8) is 0 Å². The van der Waals surface area contributed by atoms with Crippen LogP contribution in [0.4, 0.5) is 0 Å². The Bertz CT molecular complexity index is 168. The molecule has 0 aromatic carbocycles. The van der Waals surface area contributed by atoms with Gasteiger partial charge in [0.15, 0.2) is 0 Å². The van der Waals surface area contributed by atoms with Gasteiger partial charge in [-0.15, -0.1) is 0 Å². The smallest absolute Gasteiger partial charge is 0.222 e. The molecule has 1 amide bonds. The molecule has 0 aromatic heterocycles. The monoisotopic (exact) mass is 170 g/mol. The molecule has 70 valence electrons. The lowest BCUT2D eigenvalue weighted by Gasteiger charge is -2.16. The lowest BCUT2D eigenvalue weighted by molar-refractivity contribution is -0.130. The minimum Gasteiger partial charge on any atom is -0.341 e. The Labute approximate surface area is 73.9 Å². The third-order valence-electron chi connectivity index (χ3n) is 2.16. The predicted octanol–water partition coefficient (Wildman–Crippen LogP) is 0.592. The standard InChI is InChI=1S/C9H18N2O/c1-7(2)5-9(12)11-4-3-8(10)6-11/h7-8H,3-6,10H2,1-2H3. The molecule has 1 unspecified atom stereocenters. The summed E-state index contributed by atoms with van der Waals surface area (Å²) in [6.45, 7) is 5.74. The third kappa shape index (κ3) is 2.48. The van der Waals surface area contributed by atoms with Crippen LogP contribution >= 0.6 is 0 Å². The van der Waals surface area contributed by atoms with Gasteiger partial charge >= 0.3 is 0 Å². The quantitative estimate of drug-likeness (QED) is 0.659. The number of nitrogens with two attached hydrogens (primary N) is 1. The predicted molar refractivity (Wildman–Crippen MR) is 48.6 cm³/mol. The molecule has 1 saturated heterocycles. The minimum absolute atomic E-state index is 0.209. The summed E-state index contributed by atoms with van der Waals surface area (Å²) in [7, 11) is 0. The fraction of sp³-hybridized carbons (Fsp3) is 0.889. The van der Waals surface area contributed by atoms with Crippen LogP contribution in [-0.2, 0) is 4.79 Å². The van der Waals surface area contributed by atoms with Crippen molar-refractivity contribution in [2.24, 2.45) is 11.7 Å². The normalized spacial score (nSPS) is 23.7. The molecule has 0 aliphatic carbocycles. The highest BCUT2D eigenvalue weighted by atomic mass is 16.2. The van der Waals surface area contributed by atoms with Gasteiger partial charge < -0.3 is 10.6 Å². The average Bonchev–Trinajstić information content (AvgIpc) is 2.34. The van der Waals surface area contributed by atoms with E-state index in [0.717, 1.165) is 19.5 Å². The largest absolute Gasteiger partial charge is 0.341 e. The van der Waals surface area contributed by atoms with Gasteiger partial charge in [-0.3, -0.25) is 4.79 Å². The van der Waals surface area contributed by atoms with Crippen LogP contribution in [0.1, 0.15) is 26.7 Å². The molecule has 3 nitrogen and oxygen atoms in total. The van der Waals surface area contributed by atoms with E-state index in [1.54, 1.807) is 0 Å². The molecule has 1 heterocycles. The fourth-order valence-electron chi connectivity index (χ4n) is 1.49. The topological polar surface area (TPSA) is 46.3 Å². The van der Waals surface area contributed by atoms with E-state index in [2.05, 4.69) is 13.8 Å². The lowest BCUT2D eigenvalue weighted by Crippen LogP contribution is -2.32. The number of nitrogens with zero attached hydrogens (tertiary/aromatic N) is 1. The minimum atomic E-state index is 0.209. The molecule has 3 heteroatoms. The Balaban J connectivity index is 2.33. The number of carbonyl (C=O) groups is 1. The summed E-state index contributed by atoms with van der Waals surface area (Å²) >= 11 is 0. The fourth-order valence-corrected chi connectivity index (χ4v) is 1.49. The summed E-state index contributed by atoms with van der Waals surface area (Å²) in [4.78, 5) is 13.4. The van der Waals surface area contributed by atoms with Crippen molar-refractivity contribution < 1.29 is 4.79 Å². The second-order valence-electron chi connectivity index (χ2n) is 3.99. The Kier molecular flexibility index (Phi) is 3.09. The number of amides is 1. The molecule has 0 aromatic rings. The summed E-state index contributed by atoms with van der Waals surface area (Å²) in [6, 6.07) is 0.209. The first-order chi connectivity index (χ1) is 5.59. The van der Waals surface area contributed by atoms with Gasteiger partial charge in [-0.2, -0.15) is 0 Å². The van der Waals surface area contributed by atoms with Gasteiger partial charge in [0.05, 0.1) is 0 Å². The Morgan fingerprint density at radius 2 is 2.33 bits per heavy atom. The number of carbonyl (C=O) groups excluding carboxylic acids is 1. The maximum Gasteiger partial charge on any atom is 0.222 e. The van der Waals surface area contributed by atoms with Crippen molar-refractivity contribution in [3.05, 3.63) is 0 Å². The van der Waals surface area contributed by atoms with Gasteiger partial charge in [-0.1, -0.05) is 13.8 Å². The van der Waals surface area contributed by atoms with Crippen molar-refractivity contribution >= 4 is 5.91 Å². The molecule has 0 bridgehead atoms. The highest BCUT2D eigenvalue weighted by Crippen LogP contribution is 2.11. The van der Waals surface area contributed by atoms with E-state index < -0.39 is 0 Å². The maximum absolute atomic E-state index is 11.5. The zero-order valence-electron chi connectivity index (χ0n) is 7.92. The Morgan fingerprint density at radius 3 is 2.75 bits per heavy atom. The Hall–Kier alpha value is -0.570. The average molecular weight is 170 g/mol. The number of hydrogen-bond donors (Lipinski definition) is 1. The first-order valence-electron chi connectivity index (χ1n) is 4.63. The van der Waals surface area contributed by atoms with E-state index in [1.165, 1.54) is 0 Å². The number of rotatable bonds is 2. The van der Waals surface area contributed by atoms with E-state index in [0.29, 0.717) is 12.3 Å². The maximum atomic E-state index is 11.5. The third-order valence-corrected chi connectivity index (χ3v) is 2.16. The molecule has 1 fully saturated rings. The van der Waals surface area contributed by atoms with Gasteiger partial charge in [-0.25, -0.2) is 0 Å². The van der Waals surface area contributed by atoms with E-state index in [-0.39, 0.29) is 11.9 Å².